The Hall–Kier alpha value is -1.86. The van der Waals surface area contributed by atoms with E-state index < -0.39 is 16.9 Å². The van der Waals surface area contributed by atoms with E-state index in [-0.39, 0.29) is 30.3 Å². The molecular formula is C12H15ClN2O5. The summed E-state index contributed by atoms with van der Waals surface area (Å²) in [4.78, 5) is 21.3. The Morgan fingerprint density at radius 2 is 2.25 bits per heavy atom. The molecule has 2 N–H and O–H groups in total. The van der Waals surface area contributed by atoms with Crippen molar-refractivity contribution in [2.45, 2.75) is 19.4 Å². The Bertz CT molecular complexity index is 495. The maximum absolute atomic E-state index is 11.3. The van der Waals surface area contributed by atoms with Crippen molar-refractivity contribution in [2.75, 3.05) is 13.2 Å². The van der Waals surface area contributed by atoms with Gasteiger partial charge in [0.05, 0.1) is 18.1 Å². The largest absolute Gasteiger partial charge is 0.493 e. The molecule has 1 rings (SSSR count). The van der Waals surface area contributed by atoms with Crippen molar-refractivity contribution in [3.8, 4) is 5.75 Å². The van der Waals surface area contributed by atoms with Gasteiger partial charge in [0, 0.05) is 18.6 Å². The zero-order valence-electron chi connectivity index (χ0n) is 10.9. The maximum Gasteiger partial charge on any atom is 0.323 e. The van der Waals surface area contributed by atoms with E-state index >= 15 is 0 Å². The first kappa shape index (κ1) is 16.2. The summed E-state index contributed by atoms with van der Waals surface area (Å²) in [6.07, 6.45) is 0.271. The minimum Gasteiger partial charge on any atom is -0.493 e. The van der Waals surface area contributed by atoms with Crippen LogP contribution in [0.4, 0.5) is 5.69 Å². The summed E-state index contributed by atoms with van der Waals surface area (Å²) in [5, 5.41) is 10.6. The first-order chi connectivity index (χ1) is 9.45. The van der Waals surface area contributed by atoms with Crippen molar-refractivity contribution in [1.29, 1.82) is 0 Å². The normalized spacial score (nSPS) is 11.8. The predicted molar refractivity (Wildman–Crippen MR) is 72.8 cm³/mol. The number of benzene rings is 1. The molecule has 0 saturated carbocycles. The minimum atomic E-state index is -0.761. The second-order valence-corrected chi connectivity index (χ2v) is 4.27. The average molecular weight is 303 g/mol. The number of nitrogens with zero attached hydrogens (tertiary/aromatic N) is 1. The molecule has 1 atom stereocenters. The molecule has 20 heavy (non-hydrogen) atoms. The quantitative estimate of drug-likeness (QED) is 0.468. The van der Waals surface area contributed by atoms with Gasteiger partial charge in [-0.15, -0.1) is 0 Å². The highest BCUT2D eigenvalue weighted by atomic mass is 35.5. The highest BCUT2D eigenvalue weighted by Crippen LogP contribution is 2.28. The summed E-state index contributed by atoms with van der Waals surface area (Å²) in [7, 11) is 0. The lowest BCUT2D eigenvalue weighted by molar-refractivity contribution is -0.384. The molecule has 0 radical (unpaired) electrons. The lowest BCUT2D eigenvalue weighted by Crippen LogP contribution is -2.33. The molecule has 0 spiro atoms. The zero-order chi connectivity index (χ0) is 15.1. The molecule has 0 bridgehead atoms. The third-order valence-corrected chi connectivity index (χ3v) is 2.71. The van der Waals surface area contributed by atoms with Gasteiger partial charge < -0.3 is 15.2 Å². The van der Waals surface area contributed by atoms with E-state index in [4.69, 9.17) is 26.8 Å². The van der Waals surface area contributed by atoms with Gasteiger partial charge in [-0.05, 0) is 13.0 Å². The third kappa shape index (κ3) is 4.67. The predicted octanol–water partition coefficient (Wildman–Crippen LogP) is 1.91. The van der Waals surface area contributed by atoms with Crippen LogP contribution in [0.1, 0.15) is 13.3 Å². The van der Waals surface area contributed by atoms with Gasteiger partial charge in [0.2, 0.25) is 0 Å². The lowest BCUT2D eigenvalue weighted by Gasteiger charge is -2.11. The number of nitro groups is 1. The minimum absolute atomic E-state index is 0.0119. The molecule has 0 aromatic heterocycles. The Kier molecular flexibility index (Phi) is 6.20. The van der Waals surface area contributed by atoms with Gasteiger partial charge in [-0.1, -0.05) is 11.6 Å². The molecule has 0 heterocycles. The fourth-order valence-electron chi connectivity index (χ4n) is 1.40. The van der Waals surface area contributed by atoms with Crippen LogP contribution in [0.5, 0.6) is 5.75 Å². The van der Waals surface area contributed by atoms with Crippen LogP contribution in [0.15, 0.2) is 18.2 Å². The third-order valence-electron chi connectivity index (χ3n) is 2.40. The number of nitro benzene ring substituents is 1. The van der Waals surface area contributed by atoms with Crippen LogP contribution in [0.3, 0.4) is 0 Å². The second-order valence-electron chi connectivity index (χ2n) is 3.87. The van der Waals surface area contributed by atoms with Gasteiger partial charge in [0.15, 0.2) is 0 Å². The van der Waals surface area contributed by atoms with Gasteiger partial charge in [0.1, 0.15) is 16.8 Å². The highest BCUT2D eigenvalue weighted by Gasteiger charge is 2.15. The molecule has 0 aliphatic carbocycles. The van der Waals surface area contributed by atoms with E-state index in [9.17, 15) is 14.9 Å². The van der Waals surface area contributed by atoms with Crippen LogP contribution < -0.4 is 10.5 Å². The number of halogens is 1. The smallest absolute Gasteiger partial charge is 0.323 e. The Morgan fingerprint density at radius 3 is 2.80 bits per heavy atom. The highest BCUT2D eigenvalue weighted by molar-refractivity contribution is 6.32. The number of carbonyl (C=O) groups is 1. The van der Waals surface area contributed by atoms with E-state index in [0.29, 0.717) is 5.75 Å². The number of esters is 1. The number of nitrogens with two attached hydrogens (primary N) is 1. The molecule has 7 nitrogen and oxygen atoms in total. The molecule has 0 aliphatic heterocycles. The SMILES string of the molecule is CCOC(=O)C(N)CCOc1ccc([N+](=O)[O-])c(Cl)c1. The summed E-state index contributed by atoms with van der Waals surface area (Å²) >= 11 is 5.74. The Labute approximate surface area is 120 Å². The van der Waals surface area contributed by atoms with Crippen molar-refractivity contribution in [3.05, 3.63) is 33.3 Å². The van der Waals surface area contributed by atoms with Gasteiger partial charge in [-0.2, -0.15) is 0 Å². The number of rotatable bonds is 7. The molecule has 0 amide bonds. The van der Waals surface area contributed by atoms with Crippen molar-refractivity contribution in [3.63, 3.8) is 0 Å². The van der Waals surface area contributed by atoms with E-state index in [1.807, 2.05) is 0 Å². The molecule has 8 heteroatoms. The van der Waals surface area contributed by atoms with Gasteiger partial charge >= 0.3 is 5.97 Å². The first-order valence-corrected chi connectivity index (χ1v) is 6.32. The Morgan fingerprint density at radius 1 is 1.55 bits per heavy atom. The Balaban J connectivity index is 2.48. The number of hydrogen-bond donors (Lipinski definition) is 1. The van der Waals surface area contributed by atoms with E-state index in [1.165, 1.54) is 18.2 Å². The molecule has 0 aliphatic rings. The molecule has 1 aromatic carbocycles. The molecule has 0 fully saturated rings. The molecule has 1 aromatic rings. The number of carbonyl (C=O) groups excluding carboxylic acids is 1. The number of hydrogen-bond acceptors (Lipinski definition) is 6. The van der Waals surface area contributed by atoms with Gasteiger partial charge in [0.25, 0.3) is 5.69 Å². The van der Waals surface area contributed by atoms with Crippen molar-refractivity contribution < 1.29 is 19.2 Å². The zero-order valence-corrected chi connectivity index (χ0v) is 11.6. The van der Waals surface area contributed by atoms with Crippen molar-refractivity contribution in [2.24, 2.45) is 5.73 Å². The molecular weight excluding hydrogens is 288 g/mol. The van der Waals surface area contributed by atoms with Crippen LogP contribution in [-0.4, -0.2) is 30.1 Å². The van der Waals surface area contributed by atoms with Crippen LogP contribution >= 0.6 is 11.6 Å². The second kappa shape index (κ2) is 7.66. The maximum atomic E-state index is 11.3. The average Bonchev–Trinajstić information content (AvgIpc) is 2.38. The van der Waals surface area contributed by atoms with E-state index in [2.05, 4.69) is 0 Å². The van der Waals surface area contributed by atoms with Crippen LogP contribution in [0.25, 0.3) is 0 Å². The van der Waals surface area contributed by atoms with Crippen LogP contribution in [-0.2, 0) is 9.53 Å². The molecule has 0 saturated heterocycles. The standard InChI is InChI=1S/C12H15ClN2O5/c1-2-19-12(16)10(14)5-6-20-8-3-4-11(15(17)18)9(13)7-8/h3-4,7,10H,2,5-6,14H2,1H3. The molecule has 110 valence electrons. The molecule has 1 unspecified atom stereocenters. The first-order valence-electron chi connectivity index (χ1n) is 5.94. The van der Waals surface area contributed by atoms with Gasteiger partial charge in [-0.3, -0.25) is 14.9 Å². The summed E-state index contributed by atoms with van der Waals surface area (Å²) in [5.41, 5.74) is 5.40. The summed E-state index contributed by atoms with van der Waals surface area (Å²) in [6, 6.07) is 3.27. The number of ether oxygens (including phenoxy) is 2. The fourth-order valence-corrected chi connectivity index (χ4v) is 1.64. The van der Waals surface area contributed by atoms with Gasteiger partial charge in [-0.25, -0.2) is 0 Å². The van der Waals surface area contributed by atoms with Crippen molar-refractivity contribution >= 4 is 23.3 Å². The van der Waals surface area contributed by atoms with Crippen LogP contribution in [0.2, 0.25) is 5.02 Å². The topological polar surface area (TPSA) is 105 Å². The lowest BCUT2D eigenvalue weighted by atomic mass is 10.2. The summed E-state index contributed by atoms with van der Waals surface area (Å²) in [5.74, 6) is -0.116. The van der Waals surface area contributed by atoms with E-state index in [0.717, 1.165) is 0 Å². The summed E-state index contributed by atoms with van der Waals surface area (Å²) in [6.45, 7) is 2.14. The van der Waals surface area contributed by atoms with Crippen LogP contribution in [0, 0.1) is 10.1 Å². The fraction of sp³-hybridized carbons (Fsp3) is 0.417. The van der Waals surface area contributed by atoms with Crippen molar-refractivity contribution in [1.82, 2.24) is 0 Å². The van der Waals surface area contributed by atoms with E-state index in [1.54, 1.807) is 6.92 Å². The monoisotopic (exact) mass is 302 g/mol. The summed E-state index contributed by atoms with van der Waals surface area (Å²) < 4.78 is 10.1.